The number of nitrogens with zero attached hydrogens (tertiary/aromatic N) is 1. The third-order valence-corrected chi connectivity index (χ3v) is 4.02. The Morgan fingerprint density at radius 1 is 0.926 bits per heavy atom. The Bertz CT molecular complexity index is 951. The van der Waals surface area contributed by atoms with E-state index in [2.05, 4.69) is 15.6 Å². The molecule has 1 aromatic heterocycles. The van der Waals surface area contributed by atoms with Crippen molar-refractivity contribution in [2.24, 2.45) is 5.73 Å². The van der Waals surface area contributed by atoms with Crippen LogP contribution in [0.5, 0.6) is 0 Å². The summed E-state index contributed by atoms with van der Waals surface area (Å²) in [6, 6.07) is 17.4. The van der Waals surface area contributed by atoms with Crippen molar-refractivity contribution in [1.29, 1.82) is 0 Å². The molecule has 2 aromatic carbocycles. The maximum Gasteiger partial charge on any atom is 0.258 e. The van der Waals surface area contributed by atoms with Gasteiger partial charge in [0.15, 0.2) is 0 Å². The Kier molecular flexibility index (Phi) is 5.58. The Hall–Kier alpha value is -3.51. The van der Waals surface area contributed by atoms with E-state index in [4.69, 9.17) is 5.73 Å². The molecule has 0 aliphatic heterocycles. The van der Waals surface area contributed by atoms with E-state index in [1.54, 1.807) is 60.8 Å². The maximum atomic E-state index is 12.6. The van der Waals surface area contributed by atoms with Gasteiger partial charge in [-0.1, -0.05) is 30.3 Å². The molecule has 6 nitrogen and oxygen atoms in total. The van der Waals surface area contributed by atoms with E-state index in [1.807, 2.05) is 13.0 Å². The number of anilines is 2. The number of benzene rings is 2. The molecule has 0 fully saturated rings. The SMILES string of the molecule is Cc1ccc(NC(=O)c2ccccc2NC(=O)c2ccc(CN)cc2)nc1. The average Bonchev–Trinajstić information content (AvgIpc) is 2.70. The highest BCUT2D eigenvalue weighted by Crippen LogP contribution is 2.18. The maximum absolute atomic E-state index is 12.6. The van der Waals surface area contributed by atoms with E-state index in [9.17, 15) is 9.59 Å². The van der Waals surface area contributed by atoms with Crippen LogP contribution in [-0.4, -0.2) is 16.8 Å². The molecule has 1 heterocycles. The van der Waals surface area contributed by atoms with E-state index < -0.39 is 0 Å². The summed E-state index contributed by atoms with van der Waals surface area (Å²) in [5.74, 6) is -0.197. The number of nitrogens with one attached hydrogen (secondary N) is 2. The molecule has 0 aliphatic rings. The zero-order valence-corrected chi connectivity index (χ0v) is 14.9. The van der Waals surface area contributed by atoms with Crippen LogP contribution in [0.4, 0.5) is 11.5 Å². The first-order valence-electron chi connectivity index (χ1n) is 8.50. The van der Waals surface area contributed by atoms with Gasteiger partial charge in [0, 0.05) is 18.3 Å². The lowest BCUT2D eigenvalue weighted by Crippen LogP contribution is -2.18. The molecule has 0 aliphatic carbocycles. The van der Waals surface area contributed by atoms with E-state index in [0.29, 0.717) is 29.2 Å². The van der Waals surface area contributed by atoms with E-state index in [0.717, 1.165) is 11.1 Å². The molecule has 0 atom stereocenters. The number of hydrogen-bond acceptors (Lipinski definition) is 4. The lowest BCUT2D eigenvalue weighted by Gasteiger charge is -2.11. The molecule has 0 saturated carbocycles. The quantitative estimate of drug-likeness (QED) is 0.650. The number of hydrogen-bond donors (Lipinski definition) is 3. The van der Waals surface area contributed by atoms with Crippen molar-refractivity contribution in [2.75, 3.05) is 10.6 Å². The van der Waals surface area contributed by atoms with Gasteiger partial charge in [0.05, 0.1) is 11.3 Å². The summed E-state index contributed by atoms with van der Waals surface area (Å²) in [5, 5.41) is 5.53. The fourth-order valence-electron chi connectivity index (χ4n) is 2.50. The second-order valence-electron chi connectivity index (χ2n) is 6.08. The van der Waals surface area contributed by atoms with Gasteiger partial charge in [0.2, 0.25) is 0 Å². The van der Waals surface area contributed by atoms with Gasteiger partial charge in [-0.25, -0.2) is 4.98 Å². The summed E-state index contributed by atoms with van der Waals surface area (Å²) in [4.78, 5) is 29.3. The minimum atomic E-state index is -0.347. The summed E-state index contributed by atoms with van der Waals surface area (Å²) in [7, 11) is 0. The fraction of sp³-hybridized carbons (Fsp3) is 0.0952. The average molecular weight is 360 g/mol. The van der Waals surface area contributed by atoms with Crippen molar-refractivity contribution in [3.8, 4) is 0 Å². The number of rotatable bonds is 5. The smallest absolute Gasteiger partial charge is 0.258 e. The van der Waals surface area contributed by atoms with Gasteiger partial charge in [0.25, 0.3) is 11.8 Å². The van der Waals surface area contributed by atoms with Crippen molar-refractivity contribution in [3.05, 3.63) is 89.1 Å². The first kappa shape index (κ1) is 18.3. The van der Waals surface area contributed by atoms with Crippen LogP contribution in [0.25, 0.3) is 0 Å². The molecule has 27 heavy (non-hydrogen) atoms. The van der Waals surface area contributed by atoms with Gasteiger partial charge in [0.1, 0.15) is 5.82 Å². The first-order valence-corrected chi connectivity index (χ1v) is 8.50. The van der Waals surface area contributed by atoms with Gasteiger partial charge >= 0.3 is 0 Å². The number of pyridine rings is 1. The number of aryl methyl sites for hydroxylation is 1. The predicted molar refractivity (Wildman–Crippen MR) is 106 cm³/mol. The highest BCUT2D eigenvalue weighted by molar-refractivity contribution is 6.12. The van der Waals surface area contributed by atoms with Crippen LogP contribution in [0.1, 0.15) is 31.8 Å². The molecule has 3 rings (SSSR count). The first-order chi connectivity index (χ1) is 13.1. The molecule has 0 radical (unpaired) electrons. The topological polar surface area (TPSA) is 97.1 Å². The monoisotopic (exact) mass is 360 g/mol. The Morgan fingerprint density at radius 3 is 2.33 bits per heavy atom. The van der Waals surface area contributed by atoms with Gasteiger partial charge in [-0.2, -0.15) is 0 Å². The molecule has 0 saturated heterocycles. The third-order valence-electron chi connectivity index (χ3n) is 4.02. The molecular formula is C21H20N4O2. The third kappa shape index (κ3) is 4.56. The fourth-order valence-corrected chi connectivity index (χ4v) is 2.50. The normalized spacial score (nSPS) is 10.3. The van der Waals surface area contributed by atoms with Gasteiger partial charge in [-0.05, 0) is 48.4 Å². The van der Waals surface area contributed by atoms with E-state index in [1.165, 1.54) is 0 Å². The van der Waals surface area contributed by atoms with Crippen LogP contribution in [0.15, 0.2) is 66.9 Å². The number of carbonyl (C=O) groups excluding carboxylic acids is 2. The second-order valence-corrected chi connectivity index (χ2v) is 6.08. The summed E-state index contributed by atoms with van der Waals surface area (Å²) in [6.45, 7) is 2.33. The number of nitrogens with two attached hydrogens (primary N) is 1. The molecule has 4 N–H and O–H groups in total. The summed E-state index contributed by atoms with van der Waals surface area (Å²) in [6.07, 6.45) is 1.67. The van der Waals surface area contributed by atoms with Crippen molar-refractivity contribution < 1.29 is 9.59 Å². The Labute approximate surface area is 157 Å². The van der Waals surface area contributed by atoms with E-state index in [-0.39, 0.29) is 11.8 Å². The highest BCUT2D eigenvalue weighted by atomic mass is 16.2. The molecule has 136 valence electrons. The molecule has 6 heteroatoms. The van der Waals surface area contributed by atoms with Crippen LogP contribution in [-0.2, 0) is 6.54 Å². The number of carbonyl (C=O) groups is 2. The van der Waals surface area contributed by atoms with Crippen molar-refractivity contribution >= 4 is 23.3 Å². The molecule has 2 amide bonds. The minimum absolute atomic E-state index is 0.299. The van der Waals surface area contributed by atoms with Crippen LogP contribution in [0.3, 0.4) is 0 Å². The molecule has 3 aromatic rings. The number of amides is 2. The molecule has 0 bridgehead atoms. The minimum Gasteiger partial charge on any atom is -0.326 e. The lowest BCUT2D eigenvalue weighted by molar-refractivity contribution is 0.102. The zero-order valence-electron chi connectivity index (χ0n) is 14.9. The lowest BCUT2D eigenvalue weighted by atomic mass is 10.1. The van der Waals surface area contributed by atoms with Crippen LogP contribution in [0, 0.1) is 6.92 Å². The largest absolute Gasteiger partial charge is 0.326 e. The zero-order chi connectivity index (χ0) is 19.2. The van der Waals surface area contributed by atoms with Gasteiger partial charge in [-0.15, -0.1) is 0 Å². The van der Waals surface area contributed by atoms with Gasteiger partial charge in [-0.3, -0.25) is 9.59 Å². The highest BCUT2D eigenvalue weighted by Gasteiger charge is 2.14. The van der Waals surface area contributed by atoms with Crippen LogP contribution >= 0.6 is 0 Å². The molecule has 0 spiro atoms. The van der Waals surface area contributed by atoms with Gasteiger partial charge < -0.3 is 16.4 Å². The summed E-state index contributed by atoms with van der Waals surface area (Å²) in [5.41, 5.74) is 8.78. The Morgan fingerprint density at radius 2 is 1.67 bits per heavy atom. The molecular weight excluding hydrogens is 340 g/mol. The summed E-state index contributed by atoms with van der Waals surface area (Å²) >= 11 is 0. The van der Waals surface area contributed by atoms with Crippen molar-refractivity contribution in [3.63, 3.8) is 0 Å². The van der Waals surface area contributed by atoms with Crippen LogP contribution < -0.4 is 16.4 Å². The second kappa shape index (κ2) is 8.25. The number of aromatic nitrogens is 1. The van der Waals surface area contributed by atoms with Crippen molar-refractivity contribution in [1.82, 2.24) is 4.98 Å². The predicted octanol–water partition coefficient (Wildman–Crippen LogP) is 3.35. The summed E-state index contributed by atoms with van der Waals surface area (Å²) < 4.78 is 0. The Balaban J connectivity index is 1.77. The standard InChI is InChI=1S/C21H20N4O2/c1-14-6-11-19(23-13-14)25-21(27)17-4-2-3-5-18(17)24-20(26)16-9-7-15(12-22)8-10-16/h2-11,13H,12,22H2,1H3,(H,24,26)(H,23,25,27). The number of para-hydroxylation sites is 1. The van der Waals surface area contributed by atoms with Crippen molar-refractivity contribution in [2.45, 2.75) is 13.5 Å². The van der Waals surface area contributed by atoms with Crippen LogP contribution in [0.2, 0.25) is 0 Å². The molecule has 0 unspecified atom stereocenters. The van der Waals surface area contributed by atoms with E-state index >= 15 is 0 Å².